The molecule has 0 saturated heterocycles. The Kier molecular flexibility index (Phi) is 9.60. The van der Waals surface area contributed by atoms with Crippen molar-refractivity contribution in [2.24, 2.45) is 0 Å². The van der Waals surface area contributed by atoms with Crippen LogP contribution in [-0.2, 0) is 12.8 Å². The number of nitrogens with one attached hydrogen (secondary N) is 2. The second-order valence-corrected chi connectivity index (χ2v) is 17.6. The van der Waals surface area contributed by atoms with Crippen molar-refractivity contribution in [3.63, 3.8) is 0 Å². The highest BCUT2D eigenvalue weighted by Crippen LogP contribution is 2.43. The van der Waals surface area contributed by atoms with E-state index in [1.165, 1.54) is 43.5 Å². The van der Waals surface area contributed by atoms with E-state index in [1.807, 2.05) is 0 Å². The molecule has 6 aromatic rings. The molecule has 0 amide bonds. The summed E-state index contributed by atoms with van der Waals surface area (Å²) in [7, 11) is -1.01. The highest BCUT2D eigenvalue weighted by atomic mass is 31.1. The minimum absolute atomic E-state index is 0.187. The van der Waals surface area contributed by atoms with Gasteiger partial charge in [-0.25, -0.2) is 0 Å². The molecule has 8 rings (SSSR count). The Balaban J connectivity index is 1.13. The van der Waals surface area contributed by atoms with E-state index in [2.05, 4.69) is 180 Å². The Morgan fingerprint density at radius 1 is 0.375 bits per heavy atom. The van der Waals surface area contributed by atoms with E-state index in [9.17, 15) is 0 Å². The molecule has 4 heteroatoms. The van der Waals surface area contributed by atoms with Crippen LogP contribution in [0.15, 0.2) is 170 Å². The van der Waals surface area contributed by atoms with Gasteiger partial charge in [-0.1, -0.05) is 170 Å². The van der Waals surface area contributed by atoms with Crippen LogP contribution >= 0.6 is 15.8 Å². The minimum atomic E-state index is -0.505. The molecule has 238 valence electrons. The first-order valence-corrected chi connectivity index (χ1v) is 20.3. The van der Waals surface area contributed by atoms with Crippen LogP contribution in [0.3, 0.4) is 0 Å². The zero-order valence-electron chi connectivity index (χ0n) is 27.2. The summed E-state index contributed by atoms with van der Waals surface area (Å²) < 4.78 is 0. The normalized spacial score (nSPS) is 20.3. The molecule has 0 bridgehead atoms. The molecule has 0 unspecified atom stereocenters. The summed E-state index contributed by atoms with van der Waals surface area (Å²) in [4.78, 5) is 0. The van der Waals surface area contributed by atoms with Gasteiger partial charge in [-0.3, -0.25) is 0 Å². The molecule has 0 fully saturated rings. The smallest absolute Gasteiger partial charge is 0.0523 e. The fraction of sp³-hybridized carbons (Fsp3) is 0.182. The quantitative estimate of drug-likeness (QED) is 0.155. The number of rotatable bonds is 9. The largest absolute Gasteiger partial charge is 0.305 e. The molecular weight excluding hydrogens is 618 g/mol. The minimum Gasteiger partial charge on any atom is -0.305 e. The molecule has 2 aliphatic heterocycles. The lowest BCUT2D eigenvalue weighted by Gasteiger charge is -2.44. The first-order valence-electron chi connectivity index (χ1n) is 17.2. The van der Waals surface area contributed by atoms with E-state index in [0.717, 1.165) is 25.2 Å². The summed E-state index contributed by atoms with van der Waals surface area (Å²) in [5.74, 6) is 0. The lowest BCUT2D eigenvalue weighted by molar-refractivity contribution is 0.300. The number of fused-ring (bicyclic) bond motifs is 2. The molecule has 0 aliphatic carbocycles. The first-order chi connectivity index (χ1) is 23.8. The van der Waals surface area contributed by atoms with Gasteiger partial charge in [0.1, 0.15) is 0 Å². The predicted octanol–water partition coefficient (Wildman–Crippen LogP) is 7.76. The molecule has 2 heterocycles. The number of benzene rings is 6. The van der Waals surface area contributed by atoms with Crippen LogP contribution in [0.2, 0.25) is 0 Å². The first kappa shape index (κ1) is 31.4. The molecule has 2 N–H and O–H groups in total. The fourth-order valence-corrected chi connectivity index (χ4v) is 12.7. The van der Waals surface area contributed by atoms with E-state index in [0.29, 0.717) is 12.1 Å². The van der Waals surface area contributed by atoms with Gasteiger partial charge < -0.3 is 10.6 Å². The average Bonchev–Trinajstić information content (AvgIpc) is 3.17. The summed E-state index contributed by atoms with van der Waals surface area (Å²) in [6, 6.07) is 64.3. The van der Waals surface area contributed by atoms with Crippen molar-refractivity contribution in [3.8, 4) is 0 Å². The van der Waals surface area contributed by atoms with E-state index in [4.69, 9.17) is 0 Å². The molecule has 0 spiro atoms. The van der Waals surface area contributed by atoms with Gasteiger partial charge in [0.05, 0.1) is 12.1 Å². The molecule has 48 heavy (non-hydrogen) atoms. The number of hydrogen-bond acceptors (Lipinski definition) is 2. The molecule has 0 radical (unpaired) electrons. The highest BCUT2D eigenvalue weighted by Gasteiger charge is 2.38. The zero-order valence-corrected chi connectivity index (χ0v) is 29.0. The zero-order chi connectivity index (χ0) is 32.1. The maximum absolute atomic E-state index is 4.29. The van der Waals surface area contributed by atoms with Crippen LogP contribution in [0.1, 0.15) is 34.3 Å². The third-order valence-corrected chi connectivity index (χ3v) is 15.3. The molecular formula is C44H42N2P2. The van der Waals surface area contributed by atoms with E-state index in [-0.39, 0.29) is 12.1 Å². The van der Waals surface area contributed by atoms with Crippen LogP contribution in [0, 0.1) is 0 Å². The molecule has 2 aliphatic rings. The van der Waals surface area contributed by atoms with Crippen LogP contribution < -0.4 is 31.9 Å². The standard InChI is InChI=1S/C44H42N2P2/c1-5-19-37(20-6-1)47(38-21-7-2-8-22-38)31-35-29-33-17-13-15-27-41(33)43(45-35)44-42-28-16-14-18-34(42)30-36(46-44)32-48(39-23-9-3-10-24-39)40-25-11-4-12-26-40/h1-28,35-36,43-46H,29-32H2/t35-,36-,43-,44-/m1/s1. The molecule has 4 atom stereocenters. The van der Waals surface area contributed by atoms with Crippen molar-refractivity contribution < 1.29 is 0 Å². The van der Waals surface area contributed by atoms with Crippen LogP contribution in [0.25, 0.3) is 0 Å². The Morgan fingerprint density at radius 2 is 0.667 bits per heavy atom. The van der Waals surface area contributed by atoms with Gasteiger partial charge in [-0.05, 0) is 84.5 Å². The van der Waals surface area contributed by atoms with E-state index >= 15 is 0 Å². The van der Waals surface area contributed by atoms with Crippen molar-refractivity contribution in [2.75, 3.05) is 12.3 Å². The summed E-state index contributed by atoms with van der Waals surface area (Å²) in [5, 5.41) is 14.4. The van der Waals surface area contributed by atoms with Crippen LogP contribution in [0.5, 0.6) is 0 Å². The van der Waals surface area contributed by atoms with Crippen molar-refractivity contribution in [1.82, 2.24) is 10.6 Å². The van der Waals surface area contributed by atoms with Gasteiger partial charge in [0.15, 0.2) is 0 Å². The molecule has 2 nitrogen and oxygen atoms in total. The van der Waals surface area contributed by atoms with Gasteiger partial charge in [-0.15, -0.1) is 0 Å². The maximum atomic E-state index is 4.29. The van der Waals surface area contributed by atoms with E-state index in [1.54, 1.807) is 0 Å². The van der Waals surface area contributed by atoms with E-state index < -0.39 is 15.8 Å². The number of hydrogen-bond donors (Lipinski definition) is 2. The van der Waals surface area contributed by atoms with Crippen molar-refractivity contribution >= 4 is 37.1 Å². The monoisotopic (exact) mass is 660 g/mol. The second-order valence-electron chi connectivity index (χ2n) is 13.1. The van der Waals surface area contributed by atoms with Gasteiger partial charge in [0, 0.05) is 12.1 Å². The summed E-state index contributed by atoms with van der Waals surface area (Å²) in [6.45, 7) is 0. The maximum Gasteiger partial charge on any atom is 0.0523 e. The van der Waals surface area contributed by atoms with Crippen LogP contribution in [0.4, 0.5) is 0 Å². The SMILES string of the molecule is c1ccc(P(C[C@H]2Cc3ccccc3[C@H]([C@@H]3N[C@@H](CP(c4ccccc4)c4ccccc4)Cc4ccccc43)N2)c2ccccc2)cc1. The Labute approximate surface area is 288 Å². The molecule has 0 saturated carbocycles. The third kappa shape index (κ3) is 6.82. The van der Waals surface area contributed by atoms with Crippen molar-refractivity contribution in [2.45, 2.75) is 37.0 Å². The highest BCUT2D eigenvalue weighted by molar-refractivity contribution is 7.73. The Bertz CT molecular complexity index is 1690. The second kappa shape index (κ2) is 14.7. The van der Waals surface area contributed by atoms with Gasteiger partial charge in [0.25, 0.3) is 0 Å². The topological polar surface area (TPSA) is 24.1 Å². The average molecular weight is 661 g/mol. The van der Waals surface area contributed by atoms with Gasteiger partial charge >= 0.3 is 0 Å². The lowest BCUT2D eigenvalue weighted by atomic mass is 9.80. The summed E-state index contributed by atoms with van der Waals surface area (Å²) >= 11 is 0. The summed E-state index contributed by atoms with van der Waals surface area (Å²) in [6.07, 6.45) is 4.32. The lowest BCUT2D eigenvalue weighted by Crippen LogP contribution is -2.51. The molecule has 6 aromatic carbocycles. The Morgan fingerprint density at radius 3 is 1.00 bits per heavy atom. The van der Waals surface area contributed by atoms with Crippen molar-refractivity contribution in [3.05, 3.63) is 192 Å². The van der Waals surface area contributed by atoms with Crippen molar-refractivity contribution in [1.29, 1.82) is 0 Å². The Hall–Kier alpha value is -3.90. The predicted molar refractivity (Wildman–Crippen MR) is 207 cm³/mol. The fourth-order valence-electron chi connectivity index (χ4n) is 7.76. The van der Waals surface area contributed by atoms with Gasteiger partial charge in [-0.2, -0.15) is 0 Å². The van der Waals surface area contributed by atoms with Gasteiger partial charge in [0.2, 0.25) is 0 Å². The molecule has 0 aromatic heterocycles. The third-order valence-electron chi connectivity index (χ3n) is 9.95. The van der Waals surface area contributed by atoms with Crippen LogP contribution in [-0.4, -0.2) is 24.4 Å². The summed E-state index contributed by atoms with van der Waals surface area (Å²) in [5.41, 5.74) is 5.86.